The smallest absolute Gasteiger partial charge is 0.198 e. The van der Waals surface area contributed by atoms with Crippen LogP contribution < -0.4 is 0 Å². The summed E-state index contributed by atoms with van der Waals surface area (Å²) in [6.45, 7) is 0. The maximum atomic E-state index is 11.3. The van der Waals surface area contributed by atoms with E-state index in [-0.39, 0.29) is 11.6 Å². The van der Waals surface area contributed by atoms with Crippen LogP contribution in [0.1, 0.15) is 51.4 Å². The first-order valence-corrected chi connectivity index (χ1v) is 5.83. The summed E-state index contributed by atoms with van der Waals surface area (Å²) in [5, 5.41) is 0. The van der Waals surface area contributed by atoms with Crippen LogP contribution in [0.2, 0.25) is 0 Å². The molecule has 14 heavy (non-hydrogen) atoms. The minimum absolute atomic E-state index is 0.105. The predicted molar refractivity (Wildman–Crippen MR) is 53.9 cm³/mol. The van der Waals surface area contributed by atoms with Crippen molar-refractivity contribution in [2.75, 3.05) is 0 Å². The summed E-state index contributed by atoms with van der Waals surface area (Å²) in [4.78, 5) is 22.4. The minimum Gasteiger partial charge on any atom is -0.291 e. The molecule has 1 atom stereocenters. The molecule has 2 heteroatoms. The van der Waals surface area contributed by atoms with Gasteiger partial charge < -0.3 is 0 Å². The Balaban J connectivity index is 1.91. The van der Waals surface area contributed by atoms with Gasteiger partial charge in [0.15, 0.2) is 11.6 Å². The van der Waals surface area contributed by atoms with E-state index in [1.807, 2.05) is 0 Å². The van der Waals surface area contributed by atoms with Gasteiger partial charge in [-0.25, -0.2) is 0 Å². The van der Waals surface area contributed by atoms with E-state index in [4.69, 9.17) is 0 Å². The molecule has 0 radical (unpaired) electrons. The van der Waals surface area contributed by atoms with Crippen LogP contribution >= 0.6 is 0 Å². The molecule has 78 valence electrons. The van der Waals surface area contributed by atoms with Crippen molar-refractivity contribution in [1.82, 2.24) is 0 Å². The first kappa shape index (κ1) is 9.88. The van der Waals surface area contributed by atoms with Crippen molar-refractivity contribution >= 4 is 11.6 Å². The van der Waals surface area contributed by atoms with Crippen LogP contribution in [-0.2, 0) is 9.59 Å². The van der Waals surface area contributed by atoms with Gasteiger partial charge in [0.25, 0.3) is 0 Å². The quantitative estimate of drug-likeness (QED) is 0.601. The lowest BCUT2D eigenvalue weighted by Gasteiger charge is -2.31. The molecule has 0 spiro atoms. The molecular weight excluding hydrogens is 176 g/mol. The molecule has 1 unspecified atom stereocenters. The average Bonchev–Trinajstić information content (AvgIpc) is 2.23. The molecule has 2 rings (SSSR count). The van der Waals surface area contributed by atoms with Crippen LogP contribution in [0, 0.1) is 11.8 Å². The Morgan fingerprint density at radius 1 is 0.786 bits per heavy atom. The molecular formula is C12H18O2. The van der Waals surface area contributed by atoms with Gasteiger partial charge in [0.1, 0.15) is 0 Å². The number of hydrogen-bond acceptors (Lipinski definition) is 2. The van der Waals surface area contributed by atoms with Gasteiger partial charge in [-0.2, -0.15) is 0 Å². The maximum Gasteiger partial charge on any atom is 0.198 e. The first-order valence-electron chi connectivity index (χ1n) is 5.83. The third kappa shape index (κ3) is 2.05. The van der Waals surface area contributed by atoms with Gasteiger partial charge in [-0.3, -0.25) is 9.59 Å². The zero-order valence-electron chi connectivity index (χ0n) is 8.63. The lowest BCUT2D eigenvalue weighted by Crippen LogP contribution is -2.30. The molecule has 0 heterocycles. The Labute approximate surface area is 85.1 Å². The van der Waals surface area contributed by atoms with Crippen LogP contribution in [0.25, 0.3) is 0 Å². The zero-order valence-corrected chi connectivity index (χ0v) is 8.63. The van der Waals surface area contributed by atoms with Crippen LogP contribution in [0.4, 0.5) is 0 Å². The van der Waals surface area contributed by atoms with Crippen molar-refractivity contribution in [3.63, 3.8) is 0 Å². The molecule has 0 bridgehead atoms. The Morgan fingerprint density at radius 3 is 2.14 bits per heavy atom. The van der Waals surface area contributed by atoms with Gasteiger partial charge in [0.2, 0.25) is 0 Å². The van der Waals surface area contributed by atoms with Crippen LogP contribution in [-0.4, -0.2) is 11.6 Å². The Kier molecular flexibility index (Phi) is 2.99. The first-order chi connectivity index (χ1) is 6.77. The molecule has 0 aromatic carbocycles. The minimum atomic E-state index is -0.128. The Morgan fingerprint density at radius 2 is 1.50 bits per heavy atom. The molecule has 0 saturated heterocycles. The number of ketones is 2. The van der Waals surface area contributed by atoms with Gasteiger partial charge in [-0.05, 0) is 18.3 Å². The summed E-state index contributed by atoms with van der Waals surface area (Å²) in [6.07, 6.45) is 8.60. The van der Waals surface area contributed by atoms with Crippen LogP contribution in [0.3, 0.4) is 0 Å². The van der Waals surface area contributed by atoms with Crippen molar-refractivity contribution in [1.29, 1.82) is 0 Å². The molecule has 0 aromatic heterocycles. The van der Waals surface area contributed by atoms with E-state index in [0.717, 1.165) is 12.3 Å². The highest BCUT2D eigenvalue weighted by molar-refractivity contribution is 6.37. The second kappa shape index (κ2) is 4.24. The summed E-state index contributed by atoms with van der Waals surface area (Å²) in [6, 6.07) is 0. The molecule has 2 nitrogen and oxygen atoms in total. The van der Waals surface area contributed by atoms with E-state index in [1.54, 1.807) is 0 Å². The Bertz CT molecular complexity index is 239. The van der Waals surface area contributed by atoms with E-state index >= 15 is 0 Å². The summed E-state index contributed by atoms with van der Waals surface area (Å²) in [5.41, 5.74) is 0. The van der Waals surface area contributed by atoms with Crippen molar-refractivity contribution in [3.05, 3.63) is 0 Å². The number of carbonyl (C=O) groups excluding carboxylic acids is 2. The van der Waals surface area contributed by atoms with Gasteiger partial charge >= 0.3 is 0 Å². The molecule has 0 aliphatic heterocycles. The molecule has 0 aromatic rings. The monoisotopic (exact) mass is 194 g/mol. The highest BCUT2D eigenvalue weighted by atomic mass is 16.2. The van der Waals surface area contributed by atoms with Crippen molar-refractivity contribution in [3.8, 4) is 0 Å². The number of rotatable bonds is 1. The van der Waals surface area contributed by atoms with Crippen molar-refractivity contribution in [2.24, 2.45) is 11.8 Å². The normalized spacial score (nSPS) is 30.7. The molecule has 2 aliphatic rings. The van der Waals surface area contributed by atoms with Crippen molar-refractivity contribution in [2.45, 2.75) is 51.4 Å². The highest BCUT2D eigenvalue weighted by Crippen LogP contribution is 2.36. The largest absolute Gasteiger partial charge is 0.291 e. The van der Waals surface area contributed by atoms with E-state index in [9.17, 15) is 9.59 Å². The molecule has 0 amide bonds. The fourth-order valence-corrected chi connectivity index (χ4v) is 2.92. The molecule has 2 fully saturated rings. The zero-order chi connectivity index (χ0) is 9.97. The SMILES string of the molecule is O=C1CCC(C2CCCCC2)CC1=O. The average molecular weight is 194 g/mol. The molecule has 2 aliphatic carbocycles. The topological polar surface area (TPSA) is 34.1 Å². The third-order valence-corrected chi connectivity index (χ3v) is 3.82. The van der Waals surface area contributed by atoms with E-state index in [1.165, 1.54) is 32.1 Å². The second-order valence-corrected chi connectivity index (χ2v) is 4.75. The van der Waals surface area contributed by atoms with Crippen LogP contribution in [0.5, 0.6) is 0 Å². The van der Waals surface area contributed by atoms with Crippen molar-refractivity contribution < 1.29 is 9.59 Å². The van der Waals surface area contributed by atoms with Gasteiger partial charge in [-0.1, -0.05) is 32.1 Å². The molecule has 0 N–H and O–H groups in total. The van der Waals surface area contributed by atoms with E-state index in [2.05, 4.69) is 0 Å². The predicted octanol–water partition coefficient (Wildman–Crippen LogP) is 2.51. The van der Waals surface area contributed by atoms with E-state index < -0.39 is 0 Å². The van der Waals surface area contributed by atoms with E-state index in [0.29, 0.717) is 18.8 Å². The number of Topliss-reactive ketones (excluding diaryl/α,β-unsaturated/α-hetero) is 2. The Hall–Kier alpha value is -0.660. The van der Waals surface area contributed by atoms with Gasteiger partial charge in [0, 0.05) is 12.8 Å². The summed E-state index contributed by atoms with van der Waals surface area (Å²) in [7, 11) is 0. The lowest BCUT2D eigenvalue weighted by molar-refractivity contribution is -0.139. The second-order valence-electron chi connectivity index (χ2n) is 4.75. The number of hydrogen-bond donors (Lipinski definition) is 0. The number of carbonyl (C=O) groups is 2. The lowest BCUT2D eigenvalue weighted by atomic mass is 9.73. The van der Waals surface area contributed by atoms with Gasteiger partial charge in [0.05, 0.1) is 0 Å². The highest BCUT2D eigenvalue weighted by Gasteiger charge is 2.31. The molecule has 2 saturated carbocycles. The summed E-state index contributed by atoms with van der Waals surface area (Å²) < 4.78 is 0. The van der Waals surface area contributed by atoms with Gasteiger partial charge in [-0.15, -0.1) is 0 Å². The fourth-order valence-electron chi connectivity index (χ4n) is 2.92. The fraction of sp³-hybridized carbons (Fsp3) is 0.833. The third-order valence-electron chi connectivity index (χ3n) is 3.82. The maximum absolute atomic E-state index is 11.3. The summed E-state index contributed by atoms with van der Waals surface area (Å²) in [5.74, 6) is 1.03. The summed E-state index contributed by atoms with van der Waals surface area (Å²) >= 11 is 0. The standard InChI is InChI=1S/C12H18O2/c13-11-7-6-10(8-12(11)14)9-4-2-1-3-5-9/h9-10H,1-8H2. The van der Waals surface area contributed by atoms with Crippen LogP contribution in [0.15, 0.2) is 0 Å².